The molecule has 4 atom stereocenters. The molecule has 3 heteroatoms. The molecule has 0 aromatic carbocycles. The van der Waals surface area contributed by atoms with Crippen molar-refractivity contribution in [2.45, 2.75) is 39.2 Å². The van der Waals surface area contributed by atoms with Crippen molar-refractivity contribution in [2.75, 3.05) is 0 Å². The maximum absolute atomic E-state index is 6.38. The first-order valence-electron chi connectivity index (χ1n) is 6.08. The molecule has 0 bridgehead atoms. The second-order valence-electron chi connectivity index (χ2n) is 5.20. The van der Waals surface area contributed by atoms with Crippen molar-refractivity contribution in [3.05, 3.63) is 20.8 Å². The third kappa shape index (κ3) is 2.69. The molecule has 2 N–H and O–H groups in total. The van der Waals surface area contributed by atoms with E-state index in [9.17, 15) is 0 Å². The van der Waals surface area contributed by atoms with Crippen molar-refractivity contribution >= 4 is 27.3 Å². The van der Waals surface area contributed by atoms with Gasteiger partial charge in [-0.05, 0) is 58.7 Å². The predicted octanol–water partition coefficient (Wildman–Crippen LogP) is 4.58. The van der Waals surface area contributed by atoms with E-state index in [1.165, 1.54) is 27.9 Å². The molecule has 0 aliphatic heterocycles. The first-order chi connectivity index (χ1) is 7.58. The standard InChI is InChI=1S/C13H20BrNS/c1-8-3-4-10(7-9(8)2)13(15)11-5-6-12(14)16-11/h5-6,8-10,13H,3-4,7,15H2,1-2H3. The van der Waals surface area contributed by atoms with Crippen molar-refractivity contribution in [3.8, 4) is 0 Å². The van der Waals surface area contributed by atoms with E-state index < -0.39 is 0 Å². The summed E-state index contributed by atoms with van der Waals surface area (Å²) < 4.78 is 1.19. The summed E-state index contributed by atoms with van der Waals surface area (Å²) in [7, 11) is 0. The molecule has 0 amide bonds. The molecule has 1 fully saturated rings. The van der Waals surface area contributed by atoms with E-state index >= 15 is 0 Å². The van der Waals surface area contributed by atoms with Gasteiger partial charge in [-0.1, -0.05) is 20.3 Å². The van der Waals surface area contributed by atoms with Crippen LogP contribution in [0.5, 0.6) is 0 Å². The van der Waals surface area contributed by atoms with Gasteiger partial charge in [0.1, 0.15) is 0 Å². The molecule has 1 heterocycles. The molecule has 0 saturated heterocycles. The lowest BCUT2D eigenvalue weighted by molar-refractivity contribution is 0.187. The molecule has 1 nitrogen and oxygen atoms in total. The number of hydrogen-bond acceptors (Lipinski definition) is 2. The molecule has 16 heavy (non-hydrogen) atoms. The minimum atomic E-state index is 0.242. The zero-order valence-corrected chi connectivity index (χ0v) is 12.4. The van der Waals surface area contributed by atoms with Crippen LogP contribution >= 0.6 is 27.3 Å². The SMILES string of the molecule is CC1CCC(C(N)c2ccc(Br)s2)CC1C. The fourth-order valence-corrected chi connectivity index (χ4v) is 4.17. The molecular formula is C13H20BrNS. The number of hydrogen-bond donors (Lipinski definition) is 1. The Hall–Kier alpha value is 0.140. The summed E-state index contributed by atoms with van der Waals surface area (Å²) in [5.74, 6) is 2.38. The average molecular weight is 302 g/mol. The normalized spacial score (nSPS) is 32.6. The van der Waals surface area contributed by atoms with E-state index in [2.05, 4.69) is 41.9 Å². The van der Waals surface area contributed by atoms with Crippen LogP contribution < -0.4 is 5.73 Å². The van der Waals surface area contributed by atoms with Gasteiger partial charge >= 0.3 is 0 Å². The smallest absolute Gasteiger partial charge is 0.0701 e. The van der Waals surface area contributed by atoms with Gasteiger partial charge in [-0.2, -0.15) is 0 Å². The third-order valence-corrected chi connectivity index (χ3v) is 5.79. The lowest BCUT2D eigenvalue weighted by Crippen LogP contribution is -2.28. The highest BCUT2D eigenvalue weighted by molar-refractivity contribution is 9.11. The van der Waals surface area contributed by atoms with E-state index in [4.69, 9.17) is 5.73 Å². The minimum absolute atomic E-state index is 0.242. The van der Waals surface area contributed by atoms with Crippen LogP contribution in [0.3, 0.4) is 0 Å². The summed E-state index contributed by atoms with van der Waals surface area (Å²) >= 11 is 5.29. The Morgan fingerprint density at radius 1 is 1.31 bits per heavy atom. The topological polar surface area (TPSA) is 26.0 Å². The van der Waals surface area contributed by atoms with Gasteiger partial charge in [0.2, 0.25) is 0 Å². The average Bonchev–Trinajstić information content (AvgIpc) is 2.68. The summed E-state index contributed by atoms with van der Waals surface area (Å²) in [5, 5.41) is 0. The molecule has 0 spiro atoms. The molecule has 1 aliphatic rings. The van der Waals surface area contributed by atoms with Crippen LogP contribution in [0.1, 0.15) is 44.0 Å². The molecule has 90 valence electrons. The van der Waals surface area contributed by atoms with Crippen LogP contribution in [0.15, 0.2) is 15.9 Å². The molecular weight excluding hydrogens is 282 g/mol. The molecule has 1 aromatic heterocycles. The third-order valence-electron chi connectivity index (χ3n) is 4.07. The molecule has 4 unspecified atom stereocenters. The van der Waals surface area contributed by atoms with E-state index in [0.717, 1.165) is 11.8 Å². The van der Waals surface area contributed by atoms with Crippen molar-refractivity contribution in [1.29, 1.82) is 0 Å². The highest BCUT2D eigenvalue weighted by Crippen LogP contribution is 2.40. The molecule has 1 aromatic rings. The van der Waals surface area contributed by atoms with Gasteiger partial charge < -0.3 is 5.73 Å². The fourth-order valence-electron chi connectivity index (χ4n) is 2.66. The van der Waals surface area contributed by atoms with Crippen LogP contribution in [0.2, 0.25) is 0 Å². The van der Waals surface area contributed by atoms with E-state index in [0.29, 0.717) is 5.92 Å². The lowest BCUT2D eigenvalue weighted by Gasteiger charge is -2.34. The molecule has 2 rings (SSSR count). The summed E-state index contributed by atoms with van der Waals surface area (Å²) in [6.07, 6.45) is 3.92. The van der Waals surface area contributed by atoms with E-state index in [1.54, 1.807) is 11.3 Å². The van der Waals surface area contributed by atoms with Crippen LogP contribution in [-0.2, 0) is 0 Å². The Labute approximate surface area is 111 Å². The van der Waals surface area contributed by atoms with Gasteiger partial charge in [-0.25, -0.2) is 0 Å². The first kappa shape index (κ1) is 12.6. The van der Waals surface area contributed by atoms with Gasteiger partial charge in [0, 0.05) is 10.9 Å². The Kier molecular flexibility index (Phi) is 4.09. The van der Waals surface area contributed by atoms with Gasteiger partial charge in [0.05, 0.1) is 3.79 Å². The summed E-state index contributed by atoms with van der Waals surface area (Å²) in [5.41, 5.74) is 6.38. The Morgan fingerprint density at radius 2 is 2.06 bits per heavy atom. The van der Waals surface area contributed by atoms with Crippen molar-refractivity contribution in [2.24, 2.45) is 23.5 Å². The van der Waals surface area contributed by atoms with Crippen molar-refractivity contribution < 1.29 is 0 Å². The van der Waals surface area contributed by atoms with Gasteiger partial charge in [0.15, 0.2) is 0 Å². The fraction of sp³-hybridized carbons (Fsp3) is 0.692. The maximum Gasteiger partial charge on any atom is 0.0701 e. The van der Waals surface area contributed by atoms with Crippen molar-refractivity contribution in [3.63, 3.8) is 0 Å². The number of nitrogens with two attached hydrogens (primary N) is 1. The second-order valence-corrected chi connectivity index (χ2v) is 7.69. The van der Waals surface area contributed by atoms with E-state index in [1.807, 2.05) is 0 Å². The van der Waals surface area contributed by atoms with Crippen LogP contribution in [0.25, 0.3) is 0 Å². The van der Waals surface area contributed by atoms with Crippen molar-refractivity contribution in [1.82, 2.24) is 0 Å². The lowest BCUT2D eigenvalue weighted by atomic mass is 9.73. The zero-order chi connectivity index (χ0) is 11.7. The Bertz CT molecular complexity index is 349. The maximum atomic E-state index is 6.38. The summed E-state index contributed by atoms with van der Waals surface area (Å²) in [6.45, 7) is 4.74. The second kappa shape index (κ2) is 5.19. The molecule has 0 radical (unpaired) electrons. The number of halogens is 1. The number of rotatable bonds is 2. The number of thiophene rings is 1. The molecule has 1 saturated carbocycles. The van der Waals surface area contributed by atoms with Crippen LogP contribution in [0, 0.1) is 17.8 Å². The minimum Gasteiger partial charge on any atom is -0.323 e. The van der Waals surface area contributed by atoms with Gasteiger partial charge in [-0.3, -0.25) is 0 Å². The van der Waals surface area contributed by atoms with E-state index in [-0.39, 0.29) is 6.04 Å². The highest BCUT2D eigenvalue weighted by atomic mass is 79.9. The summed E-state index contributed by atoms with van der Waals surface area (Å²) in [6, 6.07) is 4.52. The van der Waals surface area contributed by atoms with Crippen LogP contribution in [0.4, 0.5) is 0 Å². The monoisotopic (exact) mass is 301 g/mol. The first-order valence-corrected chi connectivity index (χ1v) is 7.69. The van der Waals surface area contributed by atoms with Gasteiger partial charge in [0.25, 0.3) is 0 Å². The molecule has 1 aliphatic carbocycles. The Morgan fingerprint density at radius 3 is 2.62 bits per heavy atom. The highest BCUT2D eigenvalue weighted by Gasteiger charge is 2.29. The Balaban J connectivity index is 2.02. The zero-order valence-electron chi connectivity index (χ0n) is 9.95. The quantitative estimate of drug-likeness (QED) is 0.850. The summed E-state index contributed by atoms with van der Waals surface area (Å²) in [4.78, 5) is 1.33. The van der Waals surface area contributed by atoms with Crippen LogP contribution in [-0.4, -0.2) is 0 Å². The largest absolute Gasteiger partial charge is 0.323 e. The van der Waals surface area contributed by atoms with Gasteiger partial charge in [-0.15, -0.1) is 11.3 Å². The predicted molar refractivity (Wildman–Crippen MR) is 74.6 cm³/mol.